The SMILES string of the molecule is CC(C)COC(=O)Oc1ccc2ccccc2c1. The number of hydrogen-bond donors (Lipinski definition) is 0. The largest absolute Gasteiger partial charge is 0.513 e. The van der Waals surface area contributed by atoms with Crippen molar-refractivity contribution in [3.8, 4) is 5.75 Å². The molecule has 2 aromatic carbocycles. The molecule has 0 saturated carbocycles. The highest BCUT2D eigenvalue weighted by Gasteiger charge is 2.07. The second kappa shape index (κ2) is 5.54. The monoisotopic (exact) mass is 244 g/mol. The van der Waals surface area contributed by atoms with Gasteiger partial charge in [-0.15, -0.1) is 0 Å². The van der Waals surface area contributed by atoms with Gasteiger partial charge in [-0.3, -0.25) is 0 Å². The van der Waals surface area contributed by atoms with Gasteiger partial charge in [0.1, 0.15) is 5.75 Å². The van der Waals surface area contributed by atoms with Gasteiger partial charge >= 0.3 is 6.16 Å². The molecule has 0 amide bonds. The lowest BCUT2D eigenvalue weighted by atomic mass is 10.1. The Morgan fingerprint density at radius 1 is 1.11 bits per heavy atom. The van der Waals surface area contributed by atoms with Crippen molar-refractivity contribution in [2.24, 2.45) is 5.92 Å². The molecule has 0 heterocycles. The lowest BCUT2D eigenvalue weighted by molar-refractivity contribution is 0.0886. The zero-order valence-electron chi connectivity index (χ0n) is 10.6. The number of carbonyl (C=O) groups is 1. The maximum Gasteiger partial charge on any atom is 0.513 e. The molecule has 0 aromatic heterocycles. The summed E-state index contributed by atoms with van der Waals surface area (Å²) >= 11 is 0. The van der Waals surface area contributed by atoms with Gasteiger partial charge in [-0.25, -0.2) is 4.79 Å². The molecule has 2 aromatic rings. The van der Waals surface area contributed by atoms with Gasteiger partial charge in [0.25, 0.3) is 0 Å². The van der Waals surface area contributed by atoms with Crippen molar-refractivity contribution < 1.29 is 14.3 Å². The van der Waals surface area contributed by atoms with Crippen LogP contribution in [-0.4, -0.2) is 12.8 Å². The van der Waals surface area contributed by atoms with Crippen LogP contribution in [0.4, 0.5) is 4.79 Å². The van der Waals surface area contributed by atoms with E-state index in [0.717, 1.165) is 10.8 Å². The van der Waals surface area contributed by atoms with Crippen LogP contribution in [0.15, 0.2) is 42.5 Å². The van der Waals surface area contributed by atoms with Crippen molar-refractivity contribution in [1.29, 1.82) is 0 Å². The van der Waals surface area contributed by atoms with Crippen molar-refractivity contribution >= 4 is 16.9 Å². The highest BCUT2D eigenvalue weighted by Crippen LogP contribution is 2.20. The lowest BCUT2D eigenvalue weighted by Gasteiger charge is -2.08. The first-order valence-corrected chi connectivity index (χ1v) is 5.98. The van der Waals surface area contributed by atoms with Gasteiger partial charge < -0.3 is 9.47 Å². The van der Waals surface area contributed by atoms with Crippen molar-refractivity contribution in [2.45, 2.75) is 13.8 Å². The van der Waals surface area contributed by atoms with E-state index >= 15 is 0 Å². The third-order valence-electron chi connectivity index (χ3n) is 2.46. The summed E-state index contributed by atoms with van der Waals surface area (Å²) in [6.07, 6.45) is -0.654. The Morgan fingerprint density at radius 3 is 2.56 bits per heavy atom. The van der Waals surface area contributed by atoms with Crippen LogP contribution < -0.4 is 4.74 Å². The topological polar surface area (TPSA) is 35.5 Å². The molecule has 18 heavy (non-hydrogen) atoms. The smallest absolute Gasteiger partial charge is 0.434 e. The highest BCUT2D eigenvalue weighted by molar-refractivity contribution is 5.84. The minimum absolute atomic E-state index is 0.300. The molecular weight excluding hydrogens is 228 g/mol. The maximum atomic E-state index is 11.4. The van der Waals surface area contributed by atoms with Crippen LogP contribution >= 0.6 is 0 Å². The van der Waals surface area contributed by atoms with Gasteiger partial charge in [0.2, 0.25) is 0 Å². The molecule has 0 aliphatic heterocycles. The molecule has 3 heteroatoms. The Labute approximate surface area is 106 Å². The molecule has 0 saturated heterocycles. The van der Waals surface area contributed by atoms with Crippen LogP contribution in [0.2, 0.25) is 0 Å². The highest BCUT2D eigenvalue weighted by atomic mass is 16.7. The Balaban J connectivity index is 2.05. The van der Waals surface area contributed by atoms with Gasteiger partial charge in [0, 0.05) is 0 Å². The average Bonchev–Trinajstić information content (AvgIpc) is 2.36. The molecule has 0 spiro atoms. The summed E-state index contributed by atoms with van der Waals surface area (Å²) in [5, 5.41) is 2.15. The second-order valence-electron chi connectivity index (χ2n) is 4.57. The molecule has 0 fully saturated rings. The summed E-state index contributed by atoms with van der Waals surface area (Å²) in [6.45, 7) is 4.32. The van der Waals surface area contributed by atoms with Gasteiger partial charge in [0.05, 0.1) is 6.61 Å². The average molecular weight is 244 g/mol. The number of hydrogen-bond acceptors (Lipinski definition) is 3. The van der Waals surface area contributed by atoms with E-state index in [4.69, 9.17) is 9.47 Å². The zero-order valence-corrected chi connectivity index (χ0v) is 10.6. The standard InChI is InChI=1S/C15H16O3/c1-11(2)10-17-15(16)18-14-8-7-12-5-3-4-6-13(12)9-14/h3-9,11H,10H2,1-2H3. The molecule has 0 bridgehead atoms. The molecule has 0 aliphatic rings. The van der Waals surface area contributed by atoms with E-state index in [1.165, 1.54) is 0 Å². The predicted molar refractivity (Wildman–Crippen MR) is 70.8 cm³/mol. The fraction of sp³-hybridized carbons (Fsp3) is 0.267. The summed E-state index contributed by atoms with van der Waals surface area (Å²) in [4.78, 5) is 11.4. The molecule has 0 aliphatic carbocycles. The van der Waals surface area contributed by atoms with Crippen LogP contribution in [0, 0.1) is 5.92 Å². The molecular formula is C15H16O3. The summed E-state index contributed by atoms with van der Waals surface area (Å²) in [5.41, 5.74) is 0. The molecule has 3 nitrogen and oxygen atoms in total. The van der Waals surface area contributed by atoms with Crippen molar-refractivity contribution in [1.82, 2.24) is 0 Å². The summed E-state index contributed by atoms with van der Waals surface area (Å²) in [6, 6.07) is 13.4. The summed E-state index contributed by atoms with van der Waals surface area (Å²) in [7, 11) is 0. The third-order valence-corrected chi connectivity index (χ3v) is 2.46. The first kappa shape index (κ1) is 12.4. The van der Waals surface area contributed by atoms with Crippen molar-refractivity contribution in [2.75, 3.05) is 6.61 Å². The van der Waals surface area contributed by atoms with E-state index < -0.39 is 6.16 Å². The number of ether oxygens (including phenoxy) is 2. The van der Waals surface area contributed by atoms with E-state index in [9.17, 15) is 4.79 Å². The minimum atomic E-state index is -0.654. The van der Waals surface area contributed by atoms with Crippen molar-refractivity contribution in [3.05, 3.63) is 42.5 Å². The number of rotatable bonds is 3. The fourth-order valence-corrected chi connectivity index (χ4v) is 1.59. The molecule has 0 unspecified atom stereocenters. The van der Waals surface area contributed by atoms with E-state index in [1.807, 2.05) is 50.2 Å². The van der Waals surface area contributed by atoms with Crippen molar-refractivity contribution in [3.63, 3.8) is 0 Å². The first-order valence-electron chi connectivity index (χ1n) is 5.98. The van der Waals surface area contributed by atoms with Gasteiger partial charge in [0.15, 0.2) is 0 Å². The Bertz CT molecular complexity index is 546. The number of fused-ring (bicyclic) bond motifs is 1. The molecule has 0 atom stereocenters. The second-order valence-corrected chi connectivity index (χ2v) is 4.57. The van der Waals surface area contributed by atoms with E-state index in [0.29, 0.717) is 18.3 Å². The Hall–Kier alpha value is -2.03. The normalized spacial score (nSPS) is 10.6. The van der Waals surface area contributed by atoms with E-state index in [-0.39, 0.29) is 0 Å². The number of carbonyl (C=O) groups excluding carboxylic acids is 1. The van der Waals surface area contributed by atoms with Crippen LogP contribution in [0.3, 0.4) is 0 Å². The van der Waals surface area contributed by atoms with E-state index in [1.54, 1.807) is 6.07 Å². The lowest BCUT2D eigenvalue weighted by Crippen LogP contribution is -2.14. The third kappa shape index (κ3) is 3.23. The van der Waals surface area contributed by atoms with Crippen LogP contribution in [0.5, 0.6) is 5.75 Å². The Kier molecular flexibility index (Phi) is 3.82. The van der Waals surface area contributed by atoms with Gasteiger partial charge in [-0.2, -0.15) is 0 Å². The fourth-order valence-electron chi connectivity index (χ4n) is 1.59. The van der Waals surface area contributed by atoms with Crippen LogP contribution in [0.1, 0.15) is 13.8 Å². The van der Waals surface area contributed by atoms with Crippen LogP contribution in [0.25, 0.3) is 10.8 Å². The minimum Gasteiger partial charge on any atom is -0.434 e. The Morgan fingerprint density at radius 2 is 1.83 bits per heavy atom. The summed E-state index contributed by atoms with van der Waals surface area (Å²) in [5.74, 6) is 0.802. The molecule has 0 N–H and O–H groups in total. The van der Waals surface area contributed by atoms with Gasteiger partial charge in [-0.1, -0.05) is 44.2 Å². The first-order chi connectivity index (χ1) is 8.65. The quantitative estimate of drug-likeness (QED) is 0.604. The molecule has 2 rings (SSSR count). The number of benzene rings is 2. The van der Waals surface area contributed by atoms with Gasteiger partial charge in [-0.05, 0) is 28.8 Å². The zero-order chi connectivity index (χ0) is 13.0. The summed E-state index contributed by atoms with van der Waals surface area (Å²) < 4.78 is 10.1. The molecule has 0 radical (unpaired) electrons. The van der Waals surface area contributed by atoms with E-state index in [2.05, 4.69) is 0 Å². The maximum absolute atomic E-state index is 11.4. The molecule has 94 valence electrons. The van der Waals surface area contributed by atoms with Crippen LogP contribution in [-0.2, 0) is 4.74 Å². The predicted octanol–water partition coefficient (Wildman–Crippen LogP) is 4.01.